The van der Waals surface area contributed by atoms with Gasteiger partial charge in [0, 0.05) is 12.2 Å². The van der Waals surface area contributed by atoms with Crippen LogP contribution in [0.4, 0.5) is 5.69 Å². The Bertz CT molecular complexity index is 544. The van der Waals surface area contributed by atoms with Gasteiger partial charge in [-0.25, -0.2) is 4.79 Å². The van der Waals surface area contributed by atoms with E-state index in [4.69, 9.17) is 15.2 Å². The van der Waals surface area contributed by atoms with E-state index < -0.39 is 17.9 Å². The molecule has 6 heteroatoms. The monoisotopic (exact) mass is 292 g/mol. The predicted octanol–water partition coefficient (Wildman–Crippen LogP) is 0.865. The van der Waals surface area contributed by atoms with E-state index in [1.807, 2.05) is 12.1 Å². The molecule has 1 heterocycles. The van der Waals surface area contributed by atoms with Crippen molar-refractivity contribution in [2.75, 3.05) is 25.2 Å². The molecule has 2 rings (SSSR count). The summed E-state index contributed by atoms with van der Waals surface area (Å²) in [5.41, 5.74) is 7.50. The normalized spacial score (nSPS) is 15.1. The van der Waals surface area contributed by atoms with E-state index in [9.17, 15) is 9.59 Å². The van der Waals surface area contributed by atoms with Gasteiger partial charge in [0.15, 0.2) is 6.04 Å². The molecule has 0 aromatic heterocycles. The summed E-state index contributed by atoms with van der Waals surface area (Å²) in [4.78, 5) is 25.6. The van der Waals surface area contributed by atoms with Gasteiger partial charge in [-0.2, -0.15) is 0 Å². The van der Waals surface area contributed by atoms with Crippen LogP contribution in [-0.4, -0.2) is 38.2 Å². The van der Waals surface area contributed by atoms with E-state index in [-0.39, 0.29) is 6.61 Å². The molecule has 1 atom stereocenters. The van der Waals surface area contributed by atoms with Crippen LogP contribution in [0.15, 0.2) is 18.2 Å². The Hall–Kier alpha value is -2.08. The second kappa shape index (κ2) is 6.58. The minimum atomic E-state index is -1.28. The molecule has 0 bridgehead atoms. The quantitative estimate of drug-likeness (QED) is 0.657. The molecule has 0 spiro atoms. The minimum absolute atomic E-state index is 0.202. The number of carbonyl (C=O) groups is 2. The standard InChI is InChI=1S/C15H20N2O4/c1-3-21-15(19)13(16)14(18)17-8-4-5-10-9-11(20-2)6-7-12(10)17/h6-7,9,13H,3-5,8,16H2,1-2H3. The number of methoxy groups -OCH3 is 1. The summed E-state index contributed by atoms with van der Waals surface area (Å²) >= 11 is 0. The van der Waals surface area contributed by atoms with Gasteiger partial charge in [0.25, 0.3) is 5.91 Å². The lowest BCUT2D eigenvalue weighted by atomic mass is 10.0. The lowest BCUT2D eigenvalue weighted by molar-refractivity contribution is -0.147. The van der Waals surface area contributed by atoms with Gasteiger partial charge in [-0.15, -0.1) is 0 Å². The molecule has 1 aromatic carbocycles. The number of esters is 1. The number of rotatable bonds is 4. The Morgan fingerprint density at radius 1 is 1.43 bits per heavy atom. The van der Waals surface area contributed by atoms with Gasteiger partial charge in [-0.1, -0.05) is 0 Å². The fourth-order valence-electron chi connectivity index (χ4n) is 2.43. The number of ether oxygens (including phenoxy) is 2. The molecule has 114 valence electrons. The average Bonchev–Trinajstić information content (AvgIpc) is 2.52. The molecule has 0 fully saturated rings. The van der Waals surface area contributed by atoms with Gasteiger partial charge in [-0.3, -0.25) is 4.79 Å². The van der Waals surface area contributed by atoms with Gasteiger partial charge < -0.3 is 20.1 Å². The molecule has 1 aliphatic rings. The smallest absolute Gasteiger partial charge is 0.332 e. The predicted molar refractivity (Wildman–Crippen MR) is 78.3 cm³/mol. The van der Waals surface area contributed by atoms with Gasteiger partial charge in [0.05, 0.1) is 13.7 Å². The number of benzene rings is 1. The molecule has 0 aliphatic carbocycles. The van der Waals surface area contributed by atoms with Crippen LogP contribution in [0, 0.1) is 0 Å². The van der Waals surface area contributed by atoms with E-state index in [0.717, 1.165) is 29.8 Å². The molecule has 21 heavy (non-hydrogen) atoms. The van der Waals surface area contributed by atoms with E-state index in [0.29, 0.717) is 6.54 Å². The number of hydrogen-bond acceptors (Lipinski definition) is 5. The first kappa shape index (κ1) is 15.3. The Labute approximate surface area is 123 Å². The van der Waals surface area contributed by atoms with Crippen LogP contribution >= 0.6 is 0 Å². The number of fused-ring (bicyclic) bond motifs is 1. The molecule has 1 amide bonds. The van der Waals surface area contributed by atoms with Crippen molar-refractivity contribution in [1.29, 1.82) is 0 Å². The van der Waals surface area contributed by atoms with Crippen LogP contribution in [0.1, 0.15) is 18.9 Å². The van der Waals surface area contributed by atoms with Crippen molar-refractivity contribution in [1.82, 2.24) is 0 Å². The SMILES string of the molecule is CCOC(=O)C(N)C(=O)N1CCCc2cc(OC)ccc21. The summed E-state index contributed by atoms with van der Waals surface area (Å²) in [6, 6.07) is 4.24. The number of nitrogens with two attached hydrogens (primary N) is 1. The van der Waals surface area contributed by atoms with Gasteiger partial charge in [-0.05, 0) is 43.5 Å². The third-order valence-corrected chi connectivity index (χ3v) is 3.48. The fourth-order valence-corrected chi connectivity index (χ4v) is 2.43. The summed E-state index contributed by atoms with van der Waals surface area (Å²) in [5.74, 6) is -0.375. The summed E-state index contributed by atoms with van der Waals surface area (Å²) in [5, 5.41) is 0. The Balaban J connectivity index is 2.23. The highest BCUT2D eigenvalue weighted by Crippen LogP contribution is 2.30. The number of carbonyl (C=O) groups excluding carboxylic acids is 2. The molecule has 0 saturated heterocycles. The maximum atomic E-state index is 12.4. The van der Waals surface area contributed by atoms with Gasteiger partial charge in [0.2, 0.25) is 0 Å². The second-order valence-electron chi connectivity index (χ2n) is 4.82. The molecular weight excluding hydrogens is 272 g/mol. The third kappa shape index (κ3) is 3.16. The molecule has 2 N–H and O–H groups in total. The Morgan fingerprint density at radius 2 is 2.19 bits per heavy atom. The van der Waals surface area contributed by atoms with Crippen LogP contribution < -0.4 is 15.4 Å². The third-order valence-electron chi connectivity index (χ3n) is 3.48. The van der Waals surface area contributed by atoms with Crippen molar-refractivity contribution in [2.45, 2.75) is 25.8 Å². The van der Waals surface area contributed by atoms with E-state index in [1.54, 1.807) is 25.0 Å². The zero-order valence-electron chi connectivity index (χ0n) is 12.3. The summed E-state index contributed by atoms with van der Waals surface area (Å²) in [7, 11) is 1.60. The maximum Gasteiger partial charge on any atom is 0.332 e. The molecule has 6 nitrogen and oxygen atoms in total. The van der Waals surface area contributed by atoms with Gasteiger partial charge >= 0.3 is 5.97 Å². The highest BCUT2D eigenvalue weighted by atomic mass is 16.5. The zero-order chi connectivity index (χ0) is 15.4. The van der Waals surface area contributed by atoms with Gasteiger partial charge in [0.1, 0.15) is 5.75 Å². The number of aryl methyl sites for hydroxylation is 1. The minimum Gasteiger partial charge on any atom is -0.497 e. The molecule has 1 aliphatic heterocycles. The van der Waals surface area contributed by atoms with E-state index >= 15 is 0 Å². The topological polar surface area (TPSA) is 81.9 Å². The number of amides is 1. The van der Waals surface area contributed by atoms with Crippen LogP contribution in [0.5, 0.6) is 5.75 Å². The van der Waals surface area contributed by atoms with E-state index in [2.05, 4.69) is 0 Å². The maximum absolute atomic E-state index is 12.4. The number of anilines is 1. The highest BCUT2D eigenvalue weighted by Gasteiger charge is 2.31. The average molecular weight is 292 g/mol. The molecule has 1 aromatic rings. The molecule has 1 unspecified atom stereocenters. The van der Waals surface area contributed by atoms with Crippen LogP contribution in [0.25, 0.3) is 0 Å². The summed E-state index contributed by atoms with van der Waals surface area (Å²) < 4.78 is 10.0. The van der Waals surface area contributed by atoms with Crippen LogP contribution in [-0.2, 0) is 20.7 Å². The van der Waals surface area contributed by atoms with Crippen molar-refractivity contribution in [2.24, 2.45) is 5.73 Å². The van der Waals surface area contributed by atoms with Crippen molar-refractivity contribution in [3.05, 3.63) is 23.8 Å². The first-order valence-corrected chi connectivity index (χ1v) is 6.99. The first-order chi connectivity index (χ1) is 10.1. The second-order valence-corrected chi connectivity index (χ2v) is 4.82. The van der Waals surface area contributed by atoms with Crippen molar-refractivity contribution >= 4 is 17.6 Å². The first-order valence-electron chi connectivity index (χ1n) is 6.99. The number of nitrogens with zero attached hydrogens (tertiary/aromatic N) is 1. The Morgan fingerprint density at radius 3 is 2.86 bits per heavy atom. The Kier molecular flexibility index (Phi) is 4.80. The molecular formula is C15H20N2O4. The fraction of sp³-hybridized carbons (Fsp3) is 0.467. The lowest BCUT2D eigenvalue weighted by Gasteiger charge is -2.31. The zero-order valence-corrected chi connectivity index (χ0v) is 12.3. The van der Waals surface area contributed by atoms with Crippen LogP contribution in [0.2, 0.25) is 0 Å². The largest absolute Gasteiger partial charge is 0.497 e. The van der Waals surface area contributed by atoms with Crippen molar-refractivity contribution in [3.8, 4) is 5.75 Å². The van der Waals surface area contributed by atoms with Crippen molar-refractivity contribution < 1.29 is 19.1 Å². The van der Waals surface area contributed by atoms with Crippen molar-refractivity contribution in [3.63, 3.8) is 0 Å². The molecule has 0 saturated carbocycles. The van der Waals surface area contributed by atoms with Crippen LogP contribution in [0.3, 0.4) is 0 Å². The van der Waals surface area contributed by atoms with E-state index in [1.165, 1.54) is 0 Å². The lowest BCUT2D eigenvalue weighted by Crippen LogP contribution is -2.50. The summed E-state index contributed by atoms with van der Waals surface area (Å²) in [6.45, 7) is 2.43. The summed E-state index contributed by atoms with van der Waals surface area (Å²) in [6.07, 6.45) is 1.69. The highest BCUT2D eigenvalue weighted by molar-refractivity contribution is 6.09. The number of hydrogen-bond donors (Lipinski definition) is 1. The molecule has 0 radical (unpaired) electrons.